The molecule has 1 N–H and O–H groups in total. The molecule has 0 aliphatic heterocycles. The van der Waals surface area contributed by atoms with E-state index in [-0.39, 0.29) is 24.0 Å². The highest BCUT2D eigenvalue weighted by Gasteiger charge is 2.20. The van der Waals surface area contributed by atoms with Crippen LogP contribution in [0.3, 0.4) is 0 Å². The second-order valence-electron chi connectivity index (χ2n) is 5.46. The van der Waals surface area contributed by atoms with E-state index in [1.54, 1.807) is 0 Å². The fraction of sp³-hybridized carbons (Fsp3) is 0.667. The molecule has 0 bridgehead atoms. The van der Waals surface area contributed by atoms with Gasteiger partial charge >= 0.3 is 0 Å². The molecule has 21 heavy (non-hydrogen) atoms. The lowest BCUT2D eigenvalue weighted by atomic mass is 10.4. The van der Waals surface area contributed by atoms with E-state index in [1.807, 2.05) is 14.1 Å². The minimum Gasteiger partial charge on any atom is -0.379 e. The number of guanidine groups is 1. The average Bonchev–Trinajstić information content (AvgIpc) is 3.18. The van der Waals surface area contributed by atoms with Gasteiger partial charge in [-0.25, -0.2) is 0 Å². The molecule has 1 aromatic rings. The number of hydrogen-bond donors (Lipinski definition) is 1. The molecular formula is C15H27IN4O. The number of hydrogen-bond acceptors (Lipinski definition) is 2. The van der Waals surface area contributed by atoms with E-state index in [4.69, 9.17) is 4.74 Å². The third-order valence-corrected chi connectivity index (χ3v) is 3.60. The zero-order chi connectivity index (χ0) is 14.4. The Bertz CT molecular complexity index is 443. The largest absolute Gasteiger partial charge is 0.379 e. The highest BCUT2D eigenvalue weighted by atomic mass is 127. The SMILES string of the molecule is CN=C(NCCOCC1CC1)N(C)Cc1cccn1C.I. The van der Waals surface area contributed by atoms with Gasteiger partial charge in [-0.15, -0.1) is 24.0 Å². The normalized spacial score (nSPS) is 14.7. The van der Waals surface area contributed by atoms with Gasteiger partial charge in [0.15, 0.2) is 5.96 Å². The molecule has 0 saturated heterocycles. The number of rotatable bonds is 7. The van der Waals surface area contributed by atoms with Crippen molar-refractivity contribution in [3.8, 4) is 0 Å². The molecule has 6 heteroatoms. The number of aliphatic imine (C=N–C) groups is 1. The third-order valence-electron chi connectivity index (χ3n) is 3.60. The molecule has 5 nitrogen and oxygen atoms in total. The van der Waals surface area contributed by atoms with Crippen molar-refractivity contribution in [2.24, 2.45) is 18.0 Å². The molecule has 1 aliphatic carbocycles. The zero-order valence-electron chi connectivity index (χ0n) is 13.2. The standard InChI is InChI=1S/C15H26N4O.HI/c1-16-15(17-8-10-20-12-13-6-7-13)19(3)11-14-5-4-9-18(14)2;/h4-5,9,13H,6-8,10-12H2,1-3H3,(H,16,17);1H. The van der Waals surface area contributed by atoms with Crippen LogP contribution in [0, 0.1) is 5.92 Å². The van der Waals surface area contributed by atoms with E-state index in [9.17, 15) is 0 Å². The molecule has 1 saturated carbocycles. The van der Waals surface area contributed by atoms with E-state index in [0.29, 0.717) is 0 Å². The summed E-state index contributed by atoms with van der Waals surface area (Å²) >= 11 is 0. The summed E-state index contributed by atoms with van der Waals surface area (Å²) in [4.78, 5) is 6.43. The van der Waals surface area contributed by atoms with E-state index in [1.165, 1.54) is 18.5 Å². The first-order valence-corrected chi connectivity index (χ1v) is 7.30. The maximum Gasteiger partial charge on any atom is 0.193 e. The Labute approximate surface area is 144 Å². The summed E-state index contributed by atoms with van der Waals surface area (Å²) < 4.78 is 7.74. The Kier molecular flexibility index (Phi) is 8.10. The van der Waals surface area contributed by atoms with Crippen LogP contribution in [0.25, 0.3) is 0 Å². The van der Waals surface area contributed by atoms with Crippen molar-refractivity contribution in [2.75, 3.05) is 33.9 Å². The summed E-state index contributed by atoms with van der Waals surface area (Å²) in [6.07, 6.45) is 4.74. The molecule has 1 aliphatic rings. The van der Waals surface area contributed by atoms with E-state index >= 15 is 0 Å². The fourth-order valence-corrected chi connectivity index (χ4v) is 2.13. The van der Waals surface area contributed by atoms with Gasteiger partial charge in [-0.3, -0.25) is 4.99 Å². The van der Waals surface area contributed by atoms with E-state index in [2.05, 4.69) is 45.2 Å². The molecule has 0 unspecified atom stereocenters. The highest BCUT2D eigenvalue weighted by Crippen LogP contribution is 2.28. The van der Waals surface area contributed by atoms with Crippen molar-refractivity contribution in [1.29, 1.82) is 0 Å². The first-order valence-electron chi connectivity index (χ1n) is 7.30. The van der Waals surface area contributed by atoms with Crippen molar-refractivity contribution >= 4 is 29.9 Å². The van der Waals surface area contributed by atoms with Crippen LogP contribution in [0.5, 0.6) is 0 Å². The smallest absolute Gasteiger partial charge is 0.193 e. The zero-order valence-corrected chi connectivity index (χ0v) is 15.5. The summed E-state index contributed by atoms with van der Waals surface area (Å²) in [5.41, 5.74) is 1.26. The Morgan fingerprint density at radius 2 is 2.29 bits per heavy atom. The minimum absolute atomic E-state index is 0. The van der Waals surface area contributed by atoms with Crippen molar-refractivity contribution in [3.05, 3.63) is 24.0 Å². The molecule has 1 aromatic heterocycles. The lowest BCUT2D eigenvalue weighted by Crippen LogP contribution is -2.40. The summed E-state index contributed by atoms with van der Waals surface area (Å²) in [6, 6.07) is 4.19. The average molecular weight is 406 g/mol. The molecule has 0 amide bonds. The maximum absolute atomic E-state index is 5.62. The topological polar surface area (TPSA) is 41.8 Å². The van der Waals surface area contributed by atoms with Crippen LogP contribution in [0.15, 0.2) is 23.3 Å². The molecule has 1 fully saturated rings. The van der Waals surface area contributed by atoms with Crippen LogP contribution < -0.4 is 5.32 Å². The summed E-state index contributed by atoms with van der Waals surface area (Å²) in [5.74, 6) is 1.73. The third kappa shape index (κ3) is 6.25. The van der Waals surface area contributed by atoms with Crippen LogP contribution in [-0.4, -0.2) is 49.3 Å². The Hall–Kier alpha value is -0.760. The van der Waals surface area contributed by atoms with E-state index in [0.717, 1.165) is 38.2 Å². The van der Waals surface area contributed by atoms with Gasteiger partial charge in [0.2, 0.25) is 0 Å². The summed E-state index contributed by atoms with van der Waals surface area (Å²) in [6.45, 7) is 3.30. The fourth-order valence-electron chi connectivity index (χ4n) is 2.13. The van der Waals surface area contributed by atoms with Gasteiger partial charge in [-0.1, -0.05) is 0 Å². The predicted octanol–water partition coefficient (Wildman–Crippen LogP) is 2.08. The highest BCUT2D eigenvalue weighted by molar-refractivity contribution is 14.0. The van der Waals surface area contributed by atoms with Crippen molar-refractivity contribution in [1.82, 2.24) is 14.8 Å². The predicted molar refractivity (Wildman–Crippen MR) is 97.2 cm³/mol. The molecule has 1 heterocycles. The van der Waals surface area contributed by atoms with Gasteiger partial charge in [0.25, 0.3) is 0 Å². The lowest BCUT2D eigenvalue weighted by molar-refractivity contribution is 0.128. The van der Waals surface area contributed by atoms with Gasteiger partial charge in [0, 0.05) is 46.2 Å². The van der Waals surface area contributed by atoms with Crippen molar-refractivity contribution in [2.45, 2.75) is 19.4 Å². The van der Waals surface area contributed by atoms with Crippen LogP contribution in [0.1, 0.15) is 18.5 Å². The molecule has 120 valence electrons. The monoisotopic (exact) mass is 406 g/mol. The van der Waals surface area contributed by atoms with Gasteiger partial charge in [-0.05, 0) is 30.9 Å². The van der Waals surface area contributed by atoms with Gasteiger partial charge in [-0.2, -0.15) is 0 Å². The van der Waals surface area contributed by atoms with Crippen LogP contribution in [0.2, 0.25) is 0 Å². The van der Waals surface area contributed by atoms with Crippen LogP contribution in [0.4, 0.5) is 0 Å². The molecular weight excluding hydrogens is 379 g/mol. The number of ether oxygens (including phenoxy) is 1. The number of halogens is 1. The number of nitrogens with one attached hydrogen (secondary N) is 1. The van der Waals surface area contributed by atoms with Gasteiger partial charge < -0.3 is 19.5 Å². The number of aryl methyl sites for hydroxylation is 1. The van der Waals surface area contributed by atoms with Crippen molar-refractivity contribution in [3.63, 3.8) is 0 Å². The first-order chi connectivity index (χ1) is 9.70. The lowest BCUT2D eigenvalue weighted by Gasteiger charge is -2.22. The number of aromatic nitrogens is 1. The summed E-state index contributed by atoms with van der Waals surface area (Å²) in [7, 11) is 5.92. The van der Waals surface area contributed by atoms with Gasteiger partial charge in [0.05, 0.1) is 13.2 Å². The molecule has 0 aromatic carbocycles. The maximum atomic E-state index is 5.62. The van der Waals surface area contributed by atoms with E-state index < -0.39 is 0 Å². The Morgan fingerprint density at radius 1 is 1.52 bits per heavy atom. The number of nitrogens with zero attached hydrogens (tertiary/aromatic N) is 3. The second-order valence-corrected chi connectivity index (χ2v) is 5.46. The Balaban J connectivity index is 0.00000220. The molecule has 0 radical (unpaired) electrons. The second kappa shape index (κ2) is 9.30. The first kappa shape index (κ1) is 18.3. The molecule has 0 spiro atoms. The minimum atomic E-state index is 0. The molecule has 2 rings (SSSR count). The Morgan fingerprint density at radius 3 is 2.86 bits per heavy atom. The molecule has 0 atom stereocenters. The van der Waals surface area contributed by atoms with Gasteiger partial charge in [0.1, 0.15) is 0 Å². The summed E-state index contributed by atoms with van der Waals surface area (Å²) in [5, 5.41) is 3.34. The van der Waals surface area contributed by atoms with Crippen molar-refractivity contribution < 1.29 is 4.74 Å². The van der Waals surface area contributed by atoms with Crippen LogP contribution >= 0.6 is 24.0 Å². The quantitative estimate of drug-likeness (QED) is 0.326. The van der Waals surface area contributed by atoms with Crippen LogP contribution in [-0.2, 0) is 18.3 Å².